The van der Waals surface area contributed by atoms with Gasteiger partial charge in [-0.05, 0) is 12.5 Å². The van der Waals surface area contributed by atoms with E-state index in [0.717, 1.165) is 11.0 Å². The summed E-state index contributed by atoms with van der Waals surface area (Å²) in [7, 11) is 6.26. The number of ketones is 1. The van der Waals surface area contributed by atoms with Crippen LogP contribution in [-0.2, 0) is 9.53 Å². The summed E-state index contributed by atoms with van der Waals surface area (Å²) in [6.07, 6.45) is 0. The SMILES string of the molecule is C=C(C)C(=O)COCC[N+](C)(C)C.[Cl-]. The van der Waals surface area contributed by atoms with Crippen LogP contribution < -0.4 is 12.4 Å². The van der Waals surface area contributed by atoms with E-state index in [-0.39, 0.29) is 24.8 Å². The van der Waals surface area contributed by atoms with Gasteiger partial charge >= 0.3 is 0 Å². The average molecular weight is 222 g/mol. The zero-order valence-corrected chi connectivity index (χ0v) is 10.2. The van der Waals surface area contributed by atoms with E-state index < -0.39 is 0 Å². The Hall–Kier alpha value is -0.380. The molecule has 84 valence electrons. The maximum absolute atomic E-state index is 11.0. The number of ether oxygens (including phenoxy) is 1. The fourth-order valence-corrected chi connectivity index (χ4v) is 0.626. The lowest BCUT2D eigenvalue weighted by atomic mass is 10.2. The van der Waals surface area contributed by atoms with Crippen LogP contribution in [-0.4, -0.2) is 51.2 Å². The number of Topliss-reactive ketones (excluding diaryl/α,β-unsaturated/α-hetero) is 1. The van der Waals surface area contributed by atoms with Crippen LogP contribution in [0.3, 0.4) is 0 Å². The van der Waals surface area contributed by atoms with Gasteiger partial charge in [0.25, 0.3) is 0 Å². The molecular weight excluding hydrogens is 202 g/mol. The summed E-state index contributed by atoms with van der Waals surface area (Å²) in [5.74, 6) is -0.0126. The van der Waals surface area contributed by atoms with Crippen LogP contribution in [0.1, 0.15) is 6.92 Å². The number of nitrogens with zero attached hydrogens (tertiary/aromatic N) is 1. The van der Waals surface area contributed by atoms with Crippen molar-refractivity contribution in [1.29, 1.82) is 0 Å². The molecule has 0 heterocycles. The third-order valence-corrected chi connectivity index (χ3v) is 1.62. The molecule has 0 saturated heterocycles. The summed E-state index contributed by atoms with van der Waals surface area (Å²) in [5, 5.41) is 0. The van der Waals surface area contributed by atoms with E-state index in [9.17, 15) is 4.79 Å². The van der Waals surface area contributed by atoms with Crippen molar-refractivity contribution in [3.8, 4) is 0 Å². The normalized spacial score (nSPS) is 10.6. The molecule has 14 heavy (non-hydrogen) atoms. The van der Waals surface area contributed by atoms with Crippen LogP contribution in [0.4, 0.5) is 0 Å². The molecule has 0 aliphatic heterocycles. The molecule has 0 spiro atoms. The fraction of sp³-hybridized carbons (Fsp3) is 0.700. The van der Waals surface area contributed by atoms with Crippen LogP contribution in [0.25, 0.3) is 0 Å². The summed E-state index contributed by atoms with van der Waals surface area (Å²) in [6, 6.07) is 0. The summed E-state index contributed by atoms with van der Waals surface area (Å²) in [5.41, 5.74) is 0.560. The third kappa shape index (κ3) is 9.71. The predicted octanol–water partition coefficient (Wildman–Crippen LogP) is -2.14. The highest BCUT2D eigenvalue weighted by molar-refractivity contribution is 5.95. The second-order valence-electron chi connectivity index (χ2n) is 4.27. The summed E-state index contributed by atoms with van der Waals surface area (Å²) in [4.78, 5) is 11.0. The molecule has 0 amide bonds. The van der Waals surface area contributed by atoms with Gasteiger partial charge in [0.15, 0.2) is 5.78 Å². The first-order valence-electron chi connectivity index (χ1n) is 4.40. The number of carbonyl (C=O) groups excluding carboxylic acids is 1. The van der Waals surface area contributed by atoms with Gasteiger partial charge in [-0.15, -0.1) is 0 Å². The Kier molecular flexibility index (Phi) is 8.01. The topological polar surface area (TPSA) is 26.3 Å². The predicted molar refractivity (Wildman–Crippen MR) is 53.5 cm³/mol. The van der Waals surface area contributed by atoms with Crippen LogP contribution in [0.5, 0.6) is 0 Å². The third-order valence-electron chi connectivity index (χ3n) is 1.62. The zero-order chi connectivity index (χ0) is 10.5. The molecule has 0 atom stereocenters. The van der Waals surface area contributed by atoms with Crippen LogP contribution >= 0.6 is 0 Å². The van der Waals surface area contributed by atoms with E-state index in [1.807, 2.05) is 0 Å². The van der Waals surface area contributed by atoms with E-state index in [2.05, 4.69) is 27.7 Å². The molecule has 4 heteroatoms. The Morgan fingerprint density at radius 3 is 2.21 bits per heavy atom. The molecule has 0 saturated carbocycles. The van der Waals surface area contributed by atoms with Gasteiger partial charge in [-0.1, -0.05) is 6.58 Å². The maximum Gasteiger partial charge on any atom is 0.183 e. The van der Waals surface area contributed by atoms with Crippen LogP contribution in [0.15, 0.2) is 12.2 Å². The molecule has 0 bridgehead atoms. The number of halogens is 1. The molecule has 0 aromatic rings. The lowest BCUT2D eigenvalue weighted by molar-refractivity contribution is -0.870. The monoisotopic (exact) mass is 221 g/mol. The van der Waals surface area contributed by atoms with Crippen molar-refractivity contribution in [2.75, 3.05) is 40.9 Å². The second kappa shape index (κ2) is 6.98. The van der Waals surface area contributed by atoms with Crippen LogP contribution in [0, 0.1) is 0 Å². The molecule has 0 aromatic carbocycles. The van der Waals surface area contributed by atoms with Crippen LogP contribution in [0.2, 0.25) is 0 Å². The first-order chi connectivity index (χ1) is 5.83. The molecule has 0 aromatic heterocycles. The minimum absolute atomic E-state index is 0. The summed E-state index contributed by atoms with van der Waals surface area (Å²) >= 11 is 0. The average Bonchev–Trinajstić information content (AvgIpc) is 1.95. The minimum Gasteiger partial charge on any atom is -1.00 e. The van der Waals surface area contributed by atoms with Gasteiger partial charge in [-0.25, -0.2) is 0 Å². The zero-order valence-electron chi connectivity index (χ0n) is 9.47. The number of hydrogen-bond acceptors (Lipinski definition) is 2. The summed E-state index contributed by atoms with van der Waals surface area (Å²) in [6.45, 7) is 6.93. The van der Waals surface area contributed by atoms with Crippen molar-refractivity contribution in [2.45, 2.75) is 6.92 Å². The number of carbonyl (C=O) groups is 1. The molecule has 0 fully saturated rings. The highest BCUT2D eigenvalue weighted by Gasteiger charge is 2.07. The van der Waals surface area contributed by atoms with Gasteiger partial charge in [0.05, 0.1) is 27.7 Å². The molecule has 0 rings (SSSR count). The van der Waals surface area contributed by atoms with E-state index in [4.69, 9.17) is 4.74 Å². The quantitative estimate of drug-likeness (QED) is 0.291. The lowest BCUT2D eigenvalue weighted by Crippen LogP contribution is -3.00. The fourth-order valence-electron chi connectivity index (χ4n) is 0.626. The van der Waals surface area contributed by atoms with Crippen molar-refractivity contribution in [2.24, 2.45) is 0 Å². The first-order valence-corrected chi connectivity index (χ1v) is 4.40. The Morgan fingerprint density at radius 1 is 1.36 bits per heavy atom. The minimum atomic E-state index is -0.0126. The lowest BCUT2D eigenvalue weighted by Gasteiger charge is -2.23. The molecule has 3 nitrogen and oxygen atoms in total. The van der Waals surface area contributed by atoms with Crippen molar-refractivity contribution < 1.29 is 26.4 Å². The number of quaternary nitrogens is 1. The van der Waals surface area contributed by atoms with Gasteiger partial charge in [-0.3, -0.25) is 4.79 Å². The largest absolute Gasteiger partial charge is 1.00 e. The molecule has 0 N–H and O–H groups in total. The first kappa shape index (κ1) is 16.1. The Balaban J connectivity index is 0. The van der Waals surface area contributed by atoms with Gasteiger partial charge in [-0.2, -0.15) is 0 Å². The maximum atomic E-state index is 11.0. The van der Waals surface area contributed by atoms with E-state index in [0.29, 0.717) is 12.2 Å². The van der Waals surface area contributed by atoms with Gasteiger partial charge < -0.3 is 21.6 Å². The van der Waals surface area contributed by atoms with Crippen molar-refractivity contribution in [1.82, 2.24) is 0 Å². The highest BCUT2D eigenvalue weighted by Crippen LogP contribution is 1.93. The van der Waals surface area contributed by atoms with E-state index >= 15 is 0 Å². The van der Waals surface area contributed by atoms with Crippen molar-refractivity contribution >= 4 is 5.78 Å². The van der Waals surface area contributed by atoms with Gasteiger partial charge in [0.2, 0.25) is 0 Å². The van der Waals surface area contributed by atoms with Gasteiger partial charge in [0.1, 0.15) is 13.2 Å². The summed E-state index contributed by atoms with van der Waals surface area (Å²) < 4.78 is 6.06. The number of likely N-dealkylation sites (N-methyl/N-ethyl adjacent to an activating group) is 1. The Labute approximate surface area is 92.7 Å². The highest BCUT2D eigenvalue weighted by atomic mass is 35.5. The second-order valence-corrected chi connectivity index (χ2v) is 4.27. The number of hydrogen-bond donors (Lipinski definition) is 0. The molecule has 0 unspecified atom stereocenters. The number of rotatable bonds is 6. The Morgan fingerprint density at radius 2 is 1.86 bits per heavy atom. The van der Waals surface area contributed by atoms with E-state index in [1.54, 1.807) is 6.92 Å². The van der Waals surface area contributed by atoms with Crippen molar-refractivity contribution in [3.63, 3.8) is 0 Å². The standard InChI is InChI=1S/C10H20NO2.ClH/c1-9(2)10(12)8-13-7-6-11(3,4)5;/h1,6-8H2,2-5H3;1H/q+1;/p-1. The Bertz CT molecular complexity index is 197. The molecule has 0 aliphatic carbocycles. The van der Waals surface area contributed by atoms with E-state index in [1.165, 1.54) is 0 Å². The molecule has 0 aliphatic rings. The molecular formula is C10H20ClNO2. The van der Waals surface area contributed by atoms with Gasteiger partial charge in [0, 0.05) is 0 Å². The molecule has 0 radical (unpaired) electrons. The van der Waals surface area contributed by atoms with Crippen molar-refractivity contribution in [3.05, 3.63) is 12.2 Å². The smallest absolute Gasteiger partial charge is 0.183 e.